The Labute approximate surface area is 215 Å². The van der Waals surface area contributed by atoms with Crippen LogP contribution in [-0.4, -0.2) is 54.5 Å². The molecule has 0 radical (unpaired) electrons. The van der Waals surface area contributed by atoms with E-state index in [0.717, 1.165) is 12.0 Å². The zero-order valence-corrected chi connectivity index (χ0v) is 21.6. The van der Waals surface area contributed by atoms with Crippen molar-refractivity contribution in [1.29, 1.82) is 0 Å². The first-order chi connectivity index (χ1) is 17.4. The summed E-state index contributed by atoms with van der Waals surface area (Å²) in [6.45, 7) is 4.65. The van der Waals surface area contributed by atoms with Crippen molar-refractivity contribution in [3.63, 3.8) is 0 Å². The number of benzene rings is 2. The summed E-state index contributed by atoms with van der Waals surface area (Å²) in [5, 5.41) is 2.04. The first-order valence-corrected chi connectivity index (χ1v) is 13.0. The van der Waals surface area contributed by atoms with Crippen LogP contribution in [0.5, 0.6) is 11.5 Å². The molecule has 2 atom stereocenters. The van der Waals surface area contributed by atoms with Gasteiger partial charge in [-0.3, -0.25) is 9.59 Å². The molecule has 1 aliphatic rings. The molecule has 3 aromatic rings. The van der Waals surface area contributed by atoms with Gasteiger partial charge in [0.05, 0.1) is 13.2 Å². The zero-order valence-electron chi connectivity index (χ0n) is 20.8. The van der Waals surface area contributed by atoms with Crippen molar-refractivity contribution in [1.82, 2.24) is 9.80 Å². The monoisotopic (exact) mass is 510 g/mol. The van der Waals surface area contributed by atoms with Gasteiger partial charge in [0.25, 0.3) is 5.91 Å². The molecule has 0 saturated heterocycles. The minimum absolute atomic E-state index is 0.0597. The Bertz CT molecular complexity index is 1200. The zero-order chi connectivity index (χ0) is 25.7. The van der Waals surface area contributed by atoms with Crippen molar-refractivity contribution in [3.05, 3.63) is 81.8 Å². The van der Waals surface area contributed by atoms with Gasteiger partial charge in [0.1, 0.15) is 19.0 Å². The Morgan fingerprint density at radius 2 is 1.86 bits per heavy atom. The van der Waals surface area contributed by atoms with Gasteiger partial charge >= 0.3 is 0 Å². The topological polar surface area (TPSA) is 59.1 Å². The van der Waals surface area contributed by atoms with Crippen LogP contribution in [0.25, 0.3) is 0 Å². The maximum Gasteiger partial charge on any atom is 0.254 e. The Morgan fingerprint density at radius 1 is 1.14 bits per heavy atom. The molecule has 0 saturated carbocycles. The molecule has 6 nitrogen and oxygen atoms in total. The van der Waals surface area contributed by atoms with Gasteiger partial charge < -0.3 is 19.3 Å². The number of carbonyl (C=O) groups excluding carboxylic acids is 2. The van der Waals surface area contributed by atoms with Crippen molar-refractivity contribution >= 4 is 23.2 Å². The van der Waals surface area contributed by atoms with Crippen molar-refractivity contribution in [2.24, 2.45) is 0 Å². The third-order valence-corrected chi connectivity index (χ3v) is 7.66. The van der Waals surface area contributed by atoms with Crippen LogP contribution in [0.15, 0.2) is 60.0 Å². The quantitative estimate of drug-likeness (QED) is 0.390. The van der Waals surface area contributed by atoms with Crippen LogP contribution in [0, 0.1) is 5.82 Å². The van der Waals surface area contributed by atoms with Crippen LogP contribution >= 0.6 is 11.3 Å². The number of hydrogen-bond acceptors (Lipinski definition) is 5. The second-order valence-corrected chi connectivity index (χ2v) is 9.81. The standard InChI is InChI=1S/C28H31FN2O4S/c1-4-19(2)31(28(33)20-9-11-21(29)12-10-20)17-27(32)30-15-13-26-22(14-16-36-26)23(30)18-35-25-8-6-5-7-24(25)34-3/h5-12,14,16,19,23H,4,13,15,17-18H2,1-3H3/t19-,23-/m0/s1. The number of fused-ring (bicyclic) bond motifs is 1. The number of nitrogens with zero attached hydrogens (tertiary/aromatic N) is 2. The normalized spacial score (nSPS) is 15.7. The number of ether oxygens (including phenoxy) is 2. The fourth-order valence-electron chi connectivity index (χ4n) is 4.42. The predicted octanol–water partition coefficient (Wildman–Crippen LogP) is 5.34. The molecular weight excluding hydrogens is 479 g/mol. The molecule has 2 heterocycles. The van der Waals surface area contributed by atoms with E-state index in [-0.39, 0.29) is 37.0 Å². The summed E-state index contributed by atoms with van der Waals surface area (Å²) >= 11 is 1.68. The van der Waals surface area contributed by atoms with E-state index in [1.54, 1.807) is 23.3 Å². The fraction of sp³-hybridized carbons (Fsp3) is 0.357. The second kappa shape index (κ2) is 11.6. The molecular formula is C28H31FN2O4S. The average Bonchev–Trinajstić information content (AvgIpc) is 3.39. The molecule has 0 unspecified atom stereocenters. The number of amides is 2. The predicted molar refractivity (Wildman–Crippen MR) is 138 cm³/mol. The van der Waals surface area contributed by atoms with Gasteiger partial charge in [0, 0.05) is 23.0 Å². The van der Waals surface area contributed by atoms with Gasteiger partial charge in [-0.1, -0.05) is 19.1 Å². The van der Waals surface area contributed by atoms with Crippen molar-refractivity contribution in [3.8, 4) is 11.5 Å². The van der Waals surface area contributed by atoms with Crippen LogP contribution in [0.4, 0.5) is 4.39 Å². The molecule has 36 heavy (non-hydrogen) atoms. The van der Waals surface area contributed by atoms with Gasteiger partial charge in [0.2, 0.25) is 5.91 Å². The van der Waals surface area contributed by atoms with Crippen molar-refractivity contribution < 1.29 is 23.5 Å². The van der Waals surface area contributed by atoms with Gasteiger partial charge in [-0.2, -0.15) is 0 Å². The summed E-state index contributed by atoms with van der Waals surface area (Å²) in [5.41, 5.74) is 1.44. The van der Waals surface area contributed by atoms with Crippen LogP contribution in [0.2, 0.25) is 0 Å². The van der Waals surface area contributed by atoms with E-state index in [1.807, 2.05) is 54.5 Å². The maximum atomic E-state index is 13.7. The van der Waals surface area contributed by atoms with Crippen LogP contribution in [-0.2, 0) is 11.2 Å². The van der Waals surface area contributed by atoms with E-state index < -0.39 is 5.82 Å². The SMILES string of the molecule is CC[C@H](C)N(CC(=O)N1CCc2sccc2[C@@H]1COc1ccccc1OC)C(=O)c1ccc(F)cc1. The summed E-state index contributed by atoms with van der Waals surface area (Å²) in [5.74, 6) is 0.409. The highest BCUT2D eigenvalue weighted by Crippen LogP contribution is 2.35. The van der Waals surface area contributed by atoms with Gasteiger partial charge in [-0.05, 0) is 73.2 Å². The maximum absolute atomic E-state index is 13.7. The number of halogens is 1. The smallest absolute Gasteiger partial charge is 0.254 e. The average molecular weight is 511 g/mol. The molecule has 8 heteroatoms. The highest BCUT2D eigenvalue weighted by molar-refractivity contribution is 7.10. The largest absolute Gasteiger partial charge is 0.493 e. The third-order valence-electron chi connectivity index (χ3n) is 6.66. The molecule has 0 spiro atoms. The Balaban J connectivity index is 1.56. The van der Waals surface area contributed by atoms with Crippen molar-refractivity contribution in [2.45, 2.75) is 38.8 Å². The lowest BCUT2D eigenvalue weighted by atomic mass is 10.00. The van der Waals surface area contributed by atoms with E-state index in [2.05, 4.69) is 0 Å². The minimum Gasteiger partial charge on any atom is -0.493 e. The molecule has 4 rings (SSSR count). The number of rotatable bonds is 9. The first kappa shape index (κ1) is 25.7. The van der Waals surface area contributed by atoms with E-state index in [4.69, 9.17) is 9.47 Å². The first-order valence-electron chi connectivity index (χ1n) is 12.1. The third kappa shape index (κ3) is 5.54. The minimum atomic E-state index is -0.407. The summed E-state index contributed by atoms with van der Waals surface area (Å²) in [4.78, 5) is 31.6. The molecule has 1 aliphatic heterocycles. The van der Waals surface area contributed by atoms with Gasteiger partial charge in [-0.15, -0.1) is 11.3 Å². The van der Waals surface area contributed by atoms with Gasteiger partial charge in [0.15, 0.2) is 11.5 Å². The number of carbonyl (C=O) groups is 2. The number of methoxy groups -OCH3 is 1. The van der Waals surface area contributed by atoms with Crippen molar-refractivity contribution in [2.75, 3.05) is 26.8 Å². The number of para-hydroxylation sites is 2. The number of thiophene rings is 1. The molecule has 1 aromatic heterocycles. The summed E-state index contributed by atoms with van der Waals surface area (Å²) in [6, 6.07) is 14.5. The van der Waals surface area contributed by atoms with Gasteiger partial charge in [-0.25, -0.2) is 4.39 Å². The molecule has 0 fully saturated rings. The summed E-state index contributed by atoms with van der Waals surface area (Å²) in [6.07, 6.45) is 1.45. The molecule has 0 N–H and O–H groups in total. The Morgan fingerprint density at radius 3 is 2.56 bits per heavy atom. The second-order valence-electron chi connectivity index (χ2n) is 8.81. The molecule has 0 aliphatic carbocycles. The molecule has 190 valence electrons. The van der Waals surface area contributed by atoms with E-state index in [1.165, 1.54) is 29.1 Å². The lowest BCUT2D eigenvalue weighted by molar-refractivity contribution is -0.136. The highest BCUT2D eigenvalue weighted by Gasteiger charge is 2.34. The molecule has 2 aromatic carbocycles. The Kier molecular flexibility index (Phi) is 8.25. The van der Waals surface area contributed by atoms with E-state index in [0.29, 0.717) is 30.0 Å². The summed E-state index contributed by atoms with van der Waals surface area (Å²) < 4.78 is 25.0. The van der Waals surface area contributed by atoms with E-state index >= 15 is 0 Å². The van der Waals surface area contributed by atoms with E-state index in [9.17, 15) is 14.0 Å². The van der Waals surface area contributed by atoms with Crippen LogP contribution in [0.1, 0.15) is 47.1 Å². The molecule has 0 bridgehead atoms. The van der Waals surface area contributed by atoms with Crippen LogP contribution in [0.3, 0.4) is 0 Å². The lowest BCUT2D eigenvalue weighted by Crippen LogP contribution is -2.49. The van der Waals surface area contributed by atoms with Crippen LogP contribution < -0.4 is 9.47 Å². The lowest BCUT2D eigenvalue weighted by Gasteiger charge is -2.38. The Hall–Kier alpha value is -3.39. The number of hydrogen-bond donors (Lipinski definition) is 0. The summed E-state index contributed by atoms with van der Waals surface area (Å²) in [7, 11) is 1.59. The molecule has 2 amide bonds. The highest BCUT2D eigenvalue weighted by atomic mass is 32.1. The fourth-order valence-corrected chi connectivity index (χ4v) is 5.35.